The summed E-state index contributed by atoms with van der Waals surface area (Å²) >= 11 is 1.28. The first kappa shape index (κ1) is 25.0. The van der Waals surface area contributed by atoms with Gasteiger partial charge >= 0.3 is 0 Å². The zero-order valence-electron chi connectivity index (χ0n) is 19.9. The number of aryl methyl sites for hydroxylation is 2. The number of carbonyl (C=O) groups is 2. The van der Waals surface area contributed by atoms with E-state index in [1.165, 1.54) is 28.8 Å². The summed E-state index contributed by atoms with van der Waals surface area (Å²) in [5, 5.41) is 5.24. The Balaban J connectivity index is 1.38. The van der Waals surface area contributed by atoms with Crippen LogP contribution in [0.3, 0.4) is 0 Å². The zero-order chi connectivity index (χ0) is 26.2. The summed E-state index contributed by atoms with van der Waals surface area (Å²) in [6.07, 6.45) is 0.683. The number of rotatable bonds is 8. The number of hydrogen-bond donors (Lipinski definition) is 1. The summed E-state index contributed by atoms with van der Waals surface area (Å²) < 4.78 is 30.3. The highest BCUT2D eigenvalue weighted by Crippen LogP contribution is 2.35. The number of carbonyl (C=O) groups excluding carboxylic acids is 2. The van der Waals surface area contributed by atoms with E-state index in [0.717, 1.165) is 16.6 Å². The topological polar surface area (TPSA) is 125 Å². The van der Waals surface area contributed by atoms with E-state index in [1.807, 2.05) is 28.8 Å². The third kappa shape index (κ3) is 5.10. The van der Waals surface area contributed by atoms with Gasteiger partial charge in [-0.05, 0) is 60.5 Å². The van der Waals surface area contributed by atoms with Gasteiger partial charge in [-0.3, -0.25) is 9.59 Å². The van der Waals surface area contributed by atoms with Crippen molar-refractivity contribution in [3.05, 3.63) is 78.4 Å². The van der Waals surface area contributed by atoms with E-state index in [1.54, 1.807) is 43.5 Å². The van der Waals surface area contributed by atoms with Gasteiger partial charge in [-0.15, -0.1) is 0 Å². The molecule has 0 saturated carbocycles. The molecule has 1 unspecified atom stereocenters. The maximum absolute atomic E-state index is 13.3. The lowest BCUT2D eigenvalue weighted by molar-refractivity contribution is -0.121. The predicted octanol–water partition coefficient (Wildman–Crippen LogP) is 3.36. The second-order valence-corrected chi connectivity index (χ2v) is 11.3. The van der Waals surface area contributed by atoms with Gasteiger partial charge < -0.3 is 9.30 Å². The van der Waals surface area contributed by atoms with E-state index in [2.05, 4.69) is 0 Å². The van der Waals surface area contributed by atoms with E-state index in [0.29, 0.717) is 29.6 Å². The molecule has 3 aromatic carbocycles. The first-order chi connectivity index (χ1) is 17.7. The lowest BCUT2D eigenvalue weighted by Crippen LogP contribution is -2.31. The number of thioether (sulfide) groups is 1. The summed E-state index contributed by atoms with van der Waals surface area (Å²) in [6.45, 7) is 0.550. The molecule has 11 heteroatoms. The number of fused-ring (bicyclic) bond motifs is 1. The first-order valence-electron chi connectivity index (χ1n) is 11.5. The average Bonchev–Trinajstić information content (AvgIpc) is 3.38. The Morgan fingerprint density at radius 2 is 1.73 bits per heavy atom. The number of sulfonamides is 1. The Morgan fingerprint density at radius 1 is 1.03 bits per heavy atom. The van der Waals surface area contributed by atoms with E-state index in [9.17, 15) is 18.0 Å². The highest BCUT2D eigenvalue weighted by molar-refractivity contribution is 8.00. The van der Waals surface area contributed by atoms with Gasteiger partial charge in [0.1, 0.15) is 11.0 Å². The van der Waals surface area contributed by atoms with Crippen LogP contribution in [0, 0.1) is 0 Å². The van der Waals surface area contributed by atoms with E-state index < -0.39 is 15.3 Å². The zero-order valence-corrected chi connectivity index (χ0v) is 21.5. The maximum atomic E-state index is 13.3. The number of anilines is 1. The van der Waals surface area contributed by atoms with Gasteiger partial charge in [0.15, 0.2) is 5.16 Å². The number of nitrogens with zero attached hydrogens (tertiary/aromatic N) is 3. The van der Waals surface area contributed by atoms with Crippen LogP contribution in [-0.4, -0.2) is 42.1 Å². The fraction of sp³-hybridized carbons (Fsp3) is 0.192. The second kappa shape index (κ2) is 10.0. The van der Waals surface area contributed by atoms with Gasteiger partial charge in [0.25, 0.3) is 0 Å². The Hall–Kier alpha value is -3.67. The van der Waals surface area contributed by atoms with Crippen LogP contribution < -0.4 is 14.8 Å². The Morgan fingerprint density at radius 3 is 2.41 bits per heavy atom. The Labute approximate surface area is 218 Å². The highest BCUT2D eigenvalue weighted by atomic mass is 32.2. The minimum atomic E-state index is -3.75. The van der Waals surface area contributed by atoms with E-state index >= 15 is 0 Å². The van der Waals surface area contributed by atoms with Crippen molar-refractivity contribution >= 4 is 50.3 Å². The first-order valence-corrected chi connectivity index (χ1v) is 13.9. The van der Waals surface area contributed by atoms with Crippen molar-refractivity contribution in [2.24, 2.45) is 5.14 Å². The molecule has 1 atom stereocenters. The number of benzene rings is 3. The third-order valence-corrected chi connectivity index (χ3v) is 8.28. The van der Waals surface area contributed by atoms with Crippen LogP contribution >= 0.6 is 11.8 Å². The summed E-state index contributed by atoms with van der Waals surface area (Å²) in [5.74, 6) is 0.101. The number of imidazole rings is 1. The number of para-hydroxylation sites is 2. The summed E-state index contributed by atoms with van der Waals surface area (Å²) in [6, 6.07) is 20.9. The van der Waals surface area contributed by atoms with Crippen molar-refractivity contribution in [1.29, 1.82) is 0 Å². The van der Waals surface area contributed by atoms with Crippen LogP contribution in [0.5, 0.6) is 5.75 Å². The van der Waals surface area contributed by atoms with Crippen molar-refractivity contribution in [2.75, 3.05) is 12.0 Å². The molecule has 1 fully saturated rings. The number of imide groups is 1. The molecule has 5 rings (SSSR count). The number of amides is 2. The number of nitrogens with two attached hydrogens (primary N) is 1. The molecular formula is C26H24N4O5S2. The van der Waals surface area contributed by atoms with Gasteiger partial charge in [-0.2, -0.15) is 0 Å². The molecule has 2 N–H and O–H groups in total. The van der Waals surface area contributed by atoms with Gasteiger partial charge in [0.05, 0.1) is 28.7 Å². The largest absolute Gasteiger partial charge is 0.497 e. The van der Waals surface area contributed by atoms with Crippen molar-refractivity contribution in [3.63, 3.8) is 0 Å². The number of primary sulfonamides is 1. The van der Waals surface area contributed by atoms with E-state index in [-0.39, 0.29) is 23.1 Å². The molecule has 1 aliphatic rings. The molecule has 2 amide bonds. The summed E-state index contributed by atoms with van der Waals surface area (Å²) in [4.78, 5) is 32.1. The van der Waals surface area contributed by atoms with Crippen LogP contribution in [0.1, 0.15) is 12.0 Å². The summed E-state index contributed by atoms with van der Waals surface area (Å²) in [7, 11) is -2.20. The van der Waals surface area contributed by atoms with Gasteiger partial charge in [-0.1, -0.05) is 36.0 Å². The molecule has 1 saturated heterocycles. The van der Waals surface area contributed by atoms with Gasteiger partial charge in [-0.25, -0.2) is 23.4 Å². The normalized spacial score (nSPS) is 16.1. The monoisotopic (exact) mass is 536 g/mol. The average molecular weight is 537 g/mol. The molecule has 1 aromatic heterocycles. The van der Waals surface area contributed by atoms with Crippen LogP contribution in [0.4, 0.5) is 5.69 Å². The Kier molecular flexibility index (Phi) is 6.76. The lowest BCUT2D eigenvalue weighted by Gasteiger charge is -2.15. The van der Waals surface area contributed by atoms with Gasteiger partial charge in [0, 0.05) is 13.0 Å². The van der Waals surface area contributed by atoms with Crippen molar-refractivity contribution in [3.8, 4) is 5.75 Å². The molecule has 9 nitrogen and oxygen atoms in total. The fourth-order valence-electron chi connectivity index (χ4n) is 4.27. The molecule has 0 aliphatic carbocycles. The minimum absolute atomic E-state index is 0.0615. The molecule has 190 valence electrons. The van der Waals surface area contributed by atoms with Crippen LogP contribution in [-0.2, 0) is 32.6 Å². The minimum Gasteiger partial charge on any atom is -0.497 e. The molecule has 0 bridgehead atoms. The number of hydrogen-bond acceptors (Lipinski definition) is 7. The molecule has 0 radical (unpaired) electrons. The van der Waals surface area contributed by atoms with Crippen LogP contribution in [0.25, 0.3) is 11.0 Å². The molecule has 0 spiro atoms. The smallest absolute Gasteiger partial charge is 0.247 e. The lowest BCUT2D eigenvalue weighted by atomic mass is 10.1. The van der Waals surface area contributed by atoms with E-state index in [4.69, 9.17) is 14.9 Å². The summed E-state index contributed by atoms with van der Waals surface area (Å²) in [5.41, 5.74) is 3.14. The van der Waals surface area contributed by atoms with Crippen molar-refractivity contribution in [2.45, 2.75) is 34.7 Å². The van der Waals surface area contributed by atoms with Crippen molar-refractivity contribution in [1.82, 2.24) is 9.55 Å². The number of methoxy groups -OCH3 is 1. The molecule has 4 aromatic rings. The molecule has 1 aliphatic heterocycles. The highest BCUT2D eigenvalue weighted by Gasteiger charge is 2.41. The second-order valence-electron chi connectivity index (χ2n) is 8.55. The van der Waals surface area contributed by atoms with Gasteiger partial charge in [0.2, 0.25) is 21.8 Å². The quantitative estimate of drug-likeness (QED) is 0.342. The standard InChI is InChI=1S/C26H24N4O5S2/c1-35-19-10-8-18(9-11-19)30-24(31)16-23(25(30)32)36-26-28-21-4-2-3-5-22(21)29(26)15-14-17-6-12-20(13-7-17)37(27,33)34/h2-13,23H,14-16H2,1H3,(H2,27,33,34). The van der Waals surface area contributed by atoms with Crippen LogP contribution in [0.15, 0.2) is 82.8 Å². The maximum Gasteiger partial charge on any atom is 0.247 e. The molecular weight excluding hydrogens is 512 g/mol. The SMILES string of the molecule is COc1ccc(N2C(=O)CC(Sc3nc4ccccc4n3CCc3ccc(S(N)(=O)=O)cc3)C2=O)cc1. The molecule has 2 heterocycles. The molecule has 37 heavy (non-hydrogen) atoms. The number of aromatic nitrogens is 2. The third-order valence-electron chi connectivity index (χ3n) is 6.18. The fourth-order valence-corrected chi connectivity index (χ4v) is 5.94. The van der Waals surface area contributed by atoms with Crippen LogP contribution in [0.2, 0.25) is 0 Å². The Bertz CT molecular complexity index is 1580. The number of ether oxygens (including phenoxy) is 1. The van der Waals surface area contributed by atoms with Crippen molar-refractivity contribution < 1.29 is 22.7 Å². The predicted molar refractivity (Wildman–Crippen MR) is 141 cm³/mol.